The Bertz CT molecular complexity index is 308. The van der Waals surface area contributed by atoms with E-state index in [1.54, 1.807) is 0 Å². The first-order chi connectivity index (χ1) is 9.10. The van der Waals surface area contributed by atoms with E-state index in [0.717, 1.165) is 6.21 Å². The van der Waals surface area contributed by atoms with Gasteiger partial charge in [0.15, 0.2) is 0 Å². The zero-order chi connectivity index (χ0) is 15.4. The third-order valence-electron chi connectivity index (χ3n) is 2.76. The van der Waals surface area contributed by atoms with E-state index in [2.05, 4.69) is 4.99 Å². The molecule has 0 bridgehead atoms. The van der Waals surface area contributed by atoms with Crippen molar-refractivity contribution in [3.8, 4) is 0 Å². The summed E-state index contributed by atoms with van der Waals surface area (Å²) in [4.78, 5) is 4.61. The van der Waals surface area contributed by atoms with Gasteiger partial charge in [-0.3, -0.25) is 9.89 Å². The maximum atomic E-state index is 12.3. The number of hydrogen-bond donors (Lipinski definition) is 0. The van der Waals surface area contributed by atoms with Crippen molar-refractivity contribution >= 4 is 6.21 Å². The molecule has 0 amide bonds. The molecular weight excluding hydrogens is 290 g/mol. The molecule has 1 heterocycles. The van der Waals surface area contributed by atoms with E-state index >= 15 is 0 Å². The first kappa shape index (κ1) is 17.2. The quantitative estimate of drug-likeness (QED) is 0.589. The summed E-state index contributed by atoms with van der Waals surface area (Å²) >= 11 is 0. The summed E-state index contributed by atoms with van der Waals surface area (Å²) in [6.45, 7) is 4.13. The number of aliphatic imine (C=N–C) groups is 1. The third kappa shape index (κ3) is 5.66. The molecule has 1 atom stereocenters. The Morgan fingerprint density at radius 2 is 1.60 bits per heavy atom. The van der Waals surface area contributed by atoms with E-state index < -0.39 is 24.3 Å². The van der Waals surface area contributed by atoms with Crippen LogP contribution in [0.1, 0.15) is 6.92 Å². The Hall–Kier alpha value is -0.830. The van der Waals surface area contributed by atoms with Gasteiger partial charge in [-0.15, -0.1) is 0 Å². The van der Waals surface area contributed by atoms with Gasteiger partial charge in [0.1, 0.15) is 0 Å². The minimum absolute atomic E-state index is 0.356. The van der Waals surface area contributed by atoms with Crippen LogP contribution in [0, 0.1) is 5.92 Å². The van der Waals surface area contributed by atoms with Crippen LogP contribution in [-0.2, 0) is 4.74 Å². The number of ether oxygens (including phenoxy) is 1. The van der Waals surface area contributed by atoms with Crippen LogP contribution >= 0.6 is 0 Å². The molecule has 0 aromatic heterocycles. The number of morpholine rings is 1. The van der Waals surface area contributed by atoms with Crippen LogP contribution < -0.4 is 0 Å². The molecule has 0 aliphatic carbocycles. The predicted octanol–water partition coefficient (Wildman–Crippen LogP) is 2.52. The number of nitrogens with zero attached hydrogens (tertiary/aromatic N) is 2. The highest BCUT2D eigenvalue weighted by Gasteiger charge is 2.56. The number of rotatable bonds is 4. The van der Waals surface area contributed by atoms with Gasteiger partial charge in [-0.05, 0) is 0 Å². The summed E-state index contributed by atoms with van der Waals surface area (Å²) in [6.07, 6.45) is -10.1. The summed E-state index contributed by atoms with van der Waals surface area (Å²) in [7, 11) is 0. The van der Waals surface area contributed by atoms with Gasteiger partial charge >= 0.3 is 12.4 Å². The van der Waals surface area contributed by atoms with Crippen LogP contribution in [0.15, 0.2) is 4.99 Å². The number of halogens is 6. The highest BCUT2D eigenvalue weighted by atomic mass is 19.4. The highest BCUT2D eigenvalue weighted by molar-refractivity contribution is 5.61. The average molecular weight is 306 g/mol. The van der Waals surface area contributed by atoms with E-state index in [-0.39, 0.29) is 0 Å². The zero-order valence-electron chi connectivity index (χ0n) is 10.8. The van der Waals surface area contributed by atoms with Crippen molar-refractivity contribution in [3.05, 3.63) is 0 Å². The van der Waals surface area contributed by atoms with Crippen LogP contribution in [0.2, 0.25) is 0 Å². The maximum Gasteiger partial charge on any atom is 0.419 e. The lowest BCUT2D eigenvalue weighted by Gasteiger charge is -2.28. The topological polar surface area (TPSA) is 24.8 Å². The summed E-state index contributed by atoms with van der Waals surface area (Å²) < 4.78 is 78.7. The normalized spacial score (nSPS) is 20.8. The average Bonchev–Trinajstić information content (AvgIpc) is 2.26. The van der Waals surface area contributed by atoms with Gasteiger partial charge in [0.25, 0.3) is 0 Å². The number of alkyl halides is 6. The first-order valence-corrected chi connectivity index (χ1v) is 6.07. The molecule has 9 heteroatoms. The fourth-order valence-electron chi connectivity index (χ4n) is 1.83. The lowest BCUT2D eigenvalue weighted by atomic mass is 10.1. The molecule has 1 aliphatic rings. The molecule has 0 spiro atoms. The Morgan fingerprint density at radius 3 is 2.05 bits per heavy atom. The largest absolute Gasteiger partial charge is 0.419 e. The molecular formula is C11H16F6N2O. The van der Waals surface area contributed by atoms with Crippen molar-refractivity contribution in [2.75, 3.05) is 32.8 Å². The van der Waals surface area contributed by atoms with Gasteiger partial charge in [-0.2, -0.15) is 26.3 Å². The van der Waals surface area contributed by atoms with E-state index in [1.807, 2.05) is 4.90 Å². The fourth-order valence-corrected chi connectivity index (χ4v) is 1.83. The molecule has 1 saturated heterocycles. The van der Waals surface area contributed by atoms with E-state index in [1.165, 1.54) is 6.92 Å². The molecule has 0 aromatic carbocycles. The van der Waals surface area contributed by atoms with E-state index in [0.29, 0.717) is 32.8 Å². The van der Waals surface area contributed by atoms with E-state index in [4.69, 9.17) is 4.74 Å². The van der Waals surface area contributed by atoms with Gasteiger partial charge in [-0.1, -0.05) is 6.92 Å². The van der Waals surface area contributed by atoms with Gasteiger partial charge in [0, 0.05) is 31.8 Å². The lowest BCUT2D eigenvalue weighted by Crippen LogP contribution is -2.41. The van der Waals surface area contributed by atoms with Crippen LogP contribution in [0.5, 0.6) is 0 Å². The monoisotopic (exact) mass is 306 g/mol. The van der Waals surface area contributed by atoms with E-state index in [9.17, 15) is 26.3 Å². The third-order valence-corrected chi connectivity index (χ3v) is 2.76. The molecule has 0 aromatic rings. The van der Waals surface area contributed by atoms with Crippen molar-refractivity contribution in [1.82, 2.24) is 4.90 Å². The van der Waals surface area contributed by atoms with Crippen LogP contribution in [0.3, 0.4) is 0 Å². The Balaban J connectivity index is 2.58. The molecule has 0 unspecified atom stereocenters. The minimum atomic E-state index is -5.42. The predicted molar refractivity (Wildman–Crippen MR) is 60.8 cm³/mol. The van der Waals surface area contributed by atoms with Crippen molar-refractivity contribution in [2.24, 2.45) is 10.9 Å². The van der Waals surface area contributed by atoms with Gasteiger partial charge in [-0.25, -0.2) is 0 Å². The molecule has 1 aliphatic heterocycles. The van der Waals surface area contributed by atoms with Crippen molar-refractivity contribution < 1.29 is 31.1 Å². The second-order valence-corrected chi connectivity index (χ2v) is 4.67. The van der Waals surface area contributed by atoms with Crippen LogP contribution in [-0.4, -0.2) is 62.4 Å². The van der Waals surface area contributed by atoms with Gasteiger partial charge in [0.05, 0.1) is 13.2 Å². The molecule has 0 saturated carbocycles. The van der Waals surface area contributed by atoms with Crippen LogP contribution in [0.25, 0.3) is 0 Å². The molecule has 3 nitrogen and oxygen atoms in total. The lowest BCUT2D eigenvalue weighted by molar-refractivity contribution is -0.247. The smallest absolute Gasteiger partial charge is 0.379 e. The summed E-state index contributed by atoms with van der Waals surface area (Å²) in [6, 6.07) is -3.65. The molecule has 0 N–H and O–H groups in total. The standard InChI is InChI=1S/C11H16F6N2O/c1-8(7-19-2-4-20-5-3-19)6-18-9(10(12,13)14)11(15,16)17/h6,8-9H,2-5,7H2,1H3/t8-/m1/s1. The van der Waals surface area contributed by atoms with Crippen molar-refractivity contribution in [1.29, 1.82) is 0 Å². The summed E-state index contributed by atoms with van der Waals surface area (Å²) in [5.41, 5.74) is 0. The van der Waals surface area contributed by atoms with Gasteiger partial charge < -0.3 is 4.74 Å². The van der Waals surface area contributed by atoms with Crippen LogP contribution in [0.4, 0.5) is 26.3 Å². The zero-order valence-corrected chi connectivity index (χ0v) is 10.8. The SMILES string of the molecule is C[C@H](C=NC(C(F)(F)F)C(F)(F)F)CN1CCOCC1. The molecule has 0 radical (unpaired) electrons. The minimum Gasteiger partial charge on any atom is -0.379 e. The molecule has 1 fully saturated rings. The Kier molecular flexibility index (Phi) is 5.81. The second-order valence-electron chi connectivity index (χ2n) is 4.67. The molecule has 20 heavy (non-hydrogen) atoms. The Labute approximate surface area is 112 Å². The summed E-state index contributed by atoms with van der Waals surface area (Å²) in [5, 5.41) is 0. The Morgan fingerprint density at radius 1 is 1.10 bits per heavy atom. The highest BCUT2D eigenvalue weighted by Crippen LogP contribution is 2.35. The number of hydrogen-bond acceptors (Lipinski definition) is 3. The molecule has 118 valence electrons. The maximum absolute atomic E-state index is 12.3. The van der Waals surface area contributed by atoms with Gasteiger partial charge in [0.2, 0.25) is 6.04 Å². The summed E-state index contributed by atoms with van der Waals surface area (Å²) in [5.74, 6) is -0.500. The molecule has 1 rings (SSSR count). The first-order valence-electron chi connectivity index (χ1n) is 6.07. The van der Waals surface area contributed by atoms with Crippen molar-refractivity contribution in [2.45, 2.75) is 25.3 Å². The second kappa shape index (κ2) is 6.75. The fraction of sp³-hybridized carbons (Fsp3) is 0.909. The van der Waals surface area contributed by atoms with Crippen molar-refractivity contribution in [3.63, 3.8) is 0 Å².